The van der Waals surface area contributed by atoms with Crippen LogP contribution < -0.4 is 0 Å². The molecule has 2 heterocycles. The van der Waals surface area contributed by atoms with Crippen molar-refractivity contribution in [2.45, 2.75) is 26.4 Å². The molecule has 126 valence electrons. The number of rotatable bonds is 1. The van der Waals surface area contributed by atoms with Gasteiger partial charge in [-0.15, -0.1) is 0 Å². The van der Waals surface area contributed by atoms with Gasteiger partial charge in [0, 0.05) is 10.8 Å². The van der Waals surface area contributed by atoms with Gasteiger partial charge in [-0.05, 0) is 39.0 Å². The fraction of sp³-hybridized carbons (Fsp3) is 0.200. The molecule has 0 bridgehead atoms. The van der Waals surface area contributed by atoms with E-state index in [0.717, 1.165) is 27.5 Å². The molecule has 0 atom stereocenters. The molecule has 4 aromatic rings. The first-order valence-corrected chi connectivity index (χ1v) is 8.21. The Balaban J connectivity index is 1.98. The van der Waals surface area contributed by atoms with Crippen LogP contribution in [-0.2, 0) is 4.74 Å². The summed E-state index contributed by atoms with van der Waals surface area (Å²) in [5.41, 5.74) is 2.61. The number of nitrogens with one attached hydrogen (secondary N) is 1. The van der Waals surface area contributed by atoms with Crippen molar-refractivity contribution < 1.29 is 9.53 Å². The molecule has 2 aromatic carbocycles. The van der Waals surface area contributed by atoms with Gasteiger partial charge in [0.2, 0.25) is 0 Å². The second-order valence-corrected chi connectivity index (χ2v) is 7.02. The van der Waals surface area contributed by atoms with Gasteiger partial charge in [0.1, 0.15) is 11.3 Å². The lowest BCUT2D eigenvalue weighted by molar-refractivity contribution is 0.0547. The summed E-state index contributed by atoms with van der Waals surface area (Å²) in [6.45, 7) is 5.58. The van der Waals surface area contributed by atoms with Crippen LogP contribution >= 0.6 is 0 Å². The van der Waals surface area contributed by atoms with Crippen molar-refractivity contribution in [2.24, 2.45) is 0 Å². The third-order valence-corrected chi connectivity index (χ3v) is 4.00. The van der Waals surface area contributed by atoms with E-state index in [0.29, 0.717) is 5.69 Å². The number of aromatic amines is 1. The topological polar surface area (TPSA) is 59.9 Å². The van der Waals surface area contributed by atoms with Crippen LogP contribution in [0.3, 0.4) is 0 Å². The Kier molecular flexibility index (Phi) is 3.39. The zero-order valence-electron chi connectivity index (χ0n) is 14.4. The number of ether oxygens (including phenoxy) is 1. The first kappa shape index (κ1) is 15.4. The van der Waals surface area contributed by atoms with Gasteiger partial charge in [0.25, 0.3) is 0 Å². The maximum Gasteiger partial charge on any atom is 0.419 e. The molecule has 0 aliphatic heterocycles. The van der Waals surface area contributed by atoms with Gasteiger partial charge in [0.05, 0.1) is 16.7 Å². The molecular formula is C20H19N3O2. The van der Waals surface area contributed by atoms with Crippen LogP contribution in [0.1, 0.15) is 20.8 Å². The van der Waals surface area contributed by atoms with Gasteiger partial charge in [0.15, 0.2) is 0 Å². The van der Waals surface area contributed by atoms with Crippen molar-refractivity contribution in [1.29, 1.82) is 0 Å². The minimum atomic E-state index is -0.576. The number of hydrogen-bond acceptors (Lipinski definition) is 3. The molecule has 5 heteroatoms. The Hall–Kier alpha value is -3.08. The minimum absolute atomic E-state index is 0.407. The number of carbonyl (C=O) groups is 1. The summed E-state index contributed by atoms with van der Waals surface area (Å²) in [6.07, 6.45) is -0.407. The van der Waals surface area contributed by atoms with E-state index >= 15 is 0 Å². The average Bonchev–Trinajstić information content (AvgIpc) is 3.14. The normalized spacial score (nSPS) is 12.0. The van der Waals surface area contributed by atoms with E-state index in [-0.39, 0.29) is 0 Å². The number of hydrogen-bond donors (Lipinski definition) is 1. The summed E-state index contributed by atoms with van der Waals surface area (Å²) in [5, 5.41) is 9.41. The van der Waals surface area contributed by atoms with E-state index in [1.165, 1.54) is 0 Å². The Labute approximate surface area is 145 Å². The average molecular weight is 333 g/mol. The quantitative estimate of drug-likeness (QED) is 0.535. The van der Waals surface area contributed by atoms with E-state index in [1.807, 2.05) is 75.4 Å². The van der Waals surface area contributed by atoms with E-state index < -0.39 is 11.7 Å². The molecule has 1 N–H and O–H groups in total. The van der Waals surface area contributed by atoms with Crippen LogP contribution in [0.4, 0.5) is 4.79 Å². The number of aromatic nitrogens is 3. The summed E-state index contributed by atoms with van der Waals surface area (Å²) in [7, 11) is 0. The fourth-order valence-electron chi connectivity index (χ4n) is 2.99. The number of H-pyrrole nitrogens is 1. The van der Waals surface area contributed by atoms with E-state index in [1.54, 1.807) is 4.57 Å². The molecule has 2 aromatic heterocycles. The van der Waals surface area contributed by atoms with Gasteiger partial charge < -0.3 is 4.74 Å². The number of fused-ring (bicyclic) bond motifs is 2. The lowest BCUT2D eigenvalue weighted by atomic mass is 10.1. The highest BCUT2D eigenvalue weighted by Gasteiger charge is 2.24. The summed E-state index contributed by atoms with van der Waals surface area (Å²) < 4.78 is 7.23. The predicted molar refractivity (Wildman–Crippen MR) is 98.7 cm³/mol. The van der Waals surface area contributed by atoms with Crippen molar-refractivity contribution in [1.82, 2.24) is 14.8 Å². The zero-order chi connectivity index (χ0) is 17.6. The van der Waals surface area contributed by atoms with Crippen LogP contribution in [-0.4, -0.2) is 26.5 Å². The van der Waals surface area contributed by atoms with Crippen molar-refractivity contribution in [2.75, 3.05) is 0 Å². The van der Waals surface area contributed by atoms with Gasteiger partial charge >= 0.3 is 6.09 Å². The molecule has 0 aliphatic rings. The molecule has 0 radical (unpaired) electrons. The van der Waals surface area contributed by atoms with Crippen LogP contribution in [0.25, 0.3) is 33.2 Å². The summed E-state index contributed by atoms with van der Waals surface area (Å²) >= 11 is 0. The molecule has 0 fully saturated rings. The lowest BCUT2D eigenvalue weighted by Gasteiger charge is -2.20. The van der Waals surface area contributed by atoms with Gasteiger partial charge in [-0.2, -0.15) is 5.10 Å². The smallest absolute Gasteiger partial charge is 0.419 e. The Bertz CT molecular complexity index is 1080. The highest BCUT2D eigenvalue weighted by molar-refractivity contribution is 6.01. The molecular weight excluding hydrogens is 314 g/mol. The molecule has 25 heavy (non-hydrogen) atoms. The highest BCUT2D eigenvalue weighted by atomic mass is 16.6. The van der Waals surface area contributed by atoms with Crippen LogP contribution in [0.2, 0.25) is 0 Å². The maximum absolute atomic E-state index is 12.9. The second-order valence-electron chi connectivity index (χ2n) is 7.02. The molecule has 0 saturated carbocycles. The first-order chi connectivity index (χ1) is 11.9. The maximum atomic E-state index is 12.9. The Morgan fingerprint density at radius 3 is 2.60 bits per heavy atom. The Morgan fingerprint density at radius 1 is 1.08 bits per heavy atom. The molecule has 0 unspecified atom stereocenters. The summed E-state index contributed by atoms with van der Waals surface area (Å²) in [4.78, 5) is 12.9. The number of carbonyl (C=O) groups excluding carboxylic acids is 1. The Morgan fingerprint density at radius 2 is 1.80 bits per heavy atom. The summed E-state index contributed by atoms with van der Waals surface area (Å²) in [6, 6.07) is 17.6. The zero-order valence-corrected chi connectivity index (χ0v) is 14.4. The standard InChI is InChI=1S/C20H19N3O2/c1-20(2,3)25-19(24)23-16-11-7-4-8-13(16)12-17(23)18-14-9-5-6-10-15(14)21-22-18/h4-12H,1-3H3,(H,21,22). The molecule has 0 spiro atoms. The number of para-hydroxylation sites is 2. The number of benzene rings is 2. The second kappa shape index (κ2) is 5.48. The first-order valence-electron chi connectivity index (χ1n) is 8.21. The van der Waals surface area contributed by atoms with Gasteiger partial charge in [-0.3, -0.25) is 5.10 Å². The molecule has 5 nitrogen and oxygen atoms in total. The largest absolute Gasteiger partial charge is 0.443 e. The molecule has 0 saturated heterocycles. The molecule has 0 aliphatic carbocycles. The van der Waals surface area contributed by atoms with Crippen molar-refractivity contribution in [3.63, 3.8) is 0 Å². The monoisotopic (exact) mass is 333 g/mol. The number of nitrogens with zero attached hydrogens (tertiary/aromatic N) is 2. The van der Waals surface area contributed by atoms with Gasteiger partial charge in [-0.1, -0.05) is 36.4 Å². The van der Waals surface area contributed by atoms with E-state index in [9.17, 15) is 4.79 Å². The van der Waals surface area contributed by atoms with Gasteiger partial charge in [-0.25, -0.2) is 9.36 Å². The van der Waals surface area contributed by atoms with E-state index in [4.69, 9.17) is 4.74 Å². The predicted octanol–water partition coefficient (Wildman–Crippen LogP) is 4.97. The highest BCUT2D eigenvalue weighted by Crippen LogP contribution is 2.32. The summed E-state index contributed by atoms with van der Waals surface area (Å²) in [5.74, 6) is 0. The lowest BCUT2D eigenvalue weighted by Crippen LogP contribution is -2.27. The van der Waals surface area contributed by atoms with Crippen LogP contribution in [0, 0.1) is 0 Å². The van der Waals surface area contributed by atoms with Crippen LogP contribution in [0.5, 0.6) is 0 Å². The molecule has 4 rings (SSSR count). The van der Waals surface area contributed by atoms with Crippen molar-refractivity contribution in [3.8, 4) is 11.4 Å². The van der Waals surface area contributed by atoms with Crippen LogP contribution in [0.15, 0.2) is 54.6 Å². The van der Waals surface area contributed by atoms with Crippen molar-refractivity contribution >= 4 is 27.9 Å². The fourth-order valence-corrected chi connectivity index (χ4v) is 2.99. The molecule has 0 amide bonds. The SMILES string of the molecule is CC(C)(C)OC(=O)n1c(-c2n[nH]c3ccccc23)cc2ccccc21. The van der Waals surface area contributed by atoms with Crippen molar-refractivity contribution in [3.05, 3.63) is 54.6 Å². The minimum Gasteiger partial charge on any atom is -0.443 e. The third kappa shape index (κ3) is 2.67. The van der Waals surface area contributed by atoms with E-state index in [2.05, 4.69) is 10.2 Å². The third-order valence-electron chi connectivity index (χ3n) is 4.00.